The molecule has 0 bridgehead atoms. The fourth-order valence-corrected chi connectivity index (χ4v) is 3.26. The van der Waals surface area contributed by atoms with Crippen LogP contribution in [0.1, 0.15) is 48.0 Å². The first-order chi connectivity index (χ1) is 9.00. The Morgan fingerprint density at radius 1 is 1.35 bits per heavy atom. The standard InChI is InChI=1S/C15H21BrN2O.ClH/c1-11-5-6-12(13(16)9-11)14(19)18-10-15(17)7-3-2-4-8-15;/h5-6,9H,2-4,7-8,10,17H2,1H3,(H,18,19);1H. The fourth-order valence-electron chi connectivity index (χ4n) is 2.59. The summed E-state index contributed by atoms with van der Waals surface area (Å²) in [6, 6.07) is 5.74. The second-order valence-corrected chi connectivity index (χ2v) is 6.44. The van der Waals surface area contributed by atoms with Gasteiger partial charge in [0.15, 0.2) is 0 Å². The molecule has 3 nitrogen and oxygen atoms in total. The molecule has 1 aliphatic rings. The largest absolute Gasteiger partial charge is 0.350 e. The van der Waals surface area contributed by atoms with Crippen molar-refractivity contribution in [2.24, 2.45) is 5.73 Å². The second-order valence-electron chi connectivity index (χ2n) is 5.59. The predicted octanol–water partition coefficient (Wildman–Crippen LogP) is 3.57. The molecule has 0 radical (unpaired) electrons. The van der Waals surface area contributed by atoms with E-state index >= 15 is 0 Å². The molecule has 20 heavy (non-hydrogen) atoms. The molecule has 0 aromatic heterocycles. The maximum Gasteiger partial charge on any atom is 0.252 e. The highest BCUT2D eigenvalue weighted by Crippen LogP contribution is 2.25. The van der Waals surface area contributed by atoms with Gasteiger partial charge in [-0.3, -0.25) is 4.79 Å². The number of benzene rings is 1. The third-order valence-corrected chi connectivity index (χ3v) is 4.48. The minimum atomic E-state index is -0.217. The Bertz CT molecular complexity index is 473. The Kier molecular flexibility index (Phi) is 6.49. The van der Waals surface area contributed by atoms with Gasteiger partial charge in [-0.15, -0.1) is 12.4 Å². The quantitative estimate of drug-likeness (QED) is 0.864. The molecule has 0 aliphatic heterocycles. The van der Waals surface area contributed by atoms with Gasteiger partial charge in [0, 0.05) is 16.6 Å². The van der Waals surface area contributed by atoms with E-state index in [9.17, 15) is 4.79 Å². The van der Waals surface area contributed by atoms with E-state index in [1.165, 1.54) is 19.3 Å². The number of hydrogen-bond donors (Lipinski definition) is 2. The van der Waals surface area contributed by atoms with E-state index in [0.717, 1.165) is 22.9 Å². The zero-order valence-electron chi connectivity index (χ0n) is 11.7. The lowest BCUT2D eigenvalue weighted by atomic mass is 9.82. The van der Waals surface area contributed by atoms with Crippen molar-refractivity contribution in [1.29, 1.82) is 0 Å². The molecular formula is C15H22BrClN2O. The number of amides is 1. The molecule has 1 aliphatic carbocycles. The summed E-state index contributed by atoms with van der Waals surface area (Å²) in [7, 11) is 0. The topological polar surface area (TPSA) is 55.1 Å². The van der Waals surface area contributed by atoms with Crippen molar-refractivity contribution in [2.45, 2.75) is 44.6 Å². The van der Waals surface area contributed by atoms with Crippen molar-refractivity contribution in [3.8, 4) is 0 Å². The zero-order chi connectivity index (χ0) is 13.9. The van der Waals surface area contributed by atoms with E-state index in [1.54, 1.807) is 0 Å². The van der Waals surface area contributed by atoms with Crippen LogP contribution in [0.4, 0.5) is 0 Å². The molecule has 0 unspecified atom stereocenters. The first-order valence-corrected chi connectivity index (χ1v) is 7.63. The minimum absolute atomic E-state index is 0. The molecule has 1 aromatic carbocycles. The molecule has 0 spiro atoms. The van der Waals surface area contributed by atoms with Gasteiger partial charge in [-0.25, -0.2) is 0 Å². The van der Waals surface area contributed by atoms with Crippen molar-refractivity contribution in [3.63, 3.8) is 0 Å². The minimum Gasteiger partial charge on any atom is -0.350 e. The van der Waals surface area contributed by atoms with Crippen LogP contribution in [0, 0.1) is 6.92 Å². The molecular weight excluding hydrogens is 340 g/mol. The SMILES string of the molecule is Cc1ccc(C(=O)NCC2(N)CCCCC2)c(Br)c1.Cl. The monoisotopic (exact) mass is 360 g/mol. The average molecular weight is 362 g/mol. The Hall–Kier alpha value is -0.580. The van der Waals surface area contributed by atoms with Gasteiger partial charge in [-0.1, -0.05) is 25.3 Å². The van der Waals surface area contributed by atoms with Crippen molar-refractivity contribution >= 4 is 34.2 Å². The van der Waals surface area contributed by atoms with E-state index in [4.69, 9.17) is 5.73 Å². The normalized spacial score (nSPS) is 17.1. The summed E-state index contributed by atoms with van der Waals surface area (Å²) in [6.07, 6.45) is 5.60. The molecule has 0 saturated heterocycles. The molecule has 1 aromatic rings. The van der Waals surface area contributed by atoms with Crippen LogP contribution >= 0.6 is 28.3 Å². The molecule has 0 heterocycles. The van der Waals surface area contributed by atoms with Gasteiger partial charge in [0.05, 0.1) is 5.56 Å². The van der Waals surface area contributed by atoms with Gasteiger partial charge in [0.25, 0.3) is 5.91 Å². The first-order valence-electron chi connectivity index (χ1n) is 6.83. The number of nitrogens with one attached hydrogen (secondary N) is 1. The average Bonchev–Trinajstić information content (AvgIpc) is 2.37. The highest BCUT2D eigenvalue weighted by atomic mass is 79.9. The maximum atomic E-state index is 12.2. The summed E-state index contributed by atoms with van der Waals surface area (Å²) >= 11 is 3.44. The van der Waals surface area contributed by atoms with Crippen molar-refractivity contribution in [2.75, 3.05) is 6.54 Å². The van der Waals surface area contributed by atoms with Gasteiger partial charge < -0.3 is 11.1 Å². The summed E-state index contributed by atoms with van der Waals surface area (Å²) in [5.41, 5.74) is 7.91. The second kappa shape index (κ2) is 7.43. The number of carbonyl (C=O) groups is 1. The Balaban J connectivity index is 0.00000200. The Morgan fingerprint density at radius 2 is 2.00 bits per heavy atom. The van der Waals surface area contributed by atoms with Gasteiger partial charge in [0.1, 0.15) is 0 Å². The number of rotatable bonds is 3. The third-order valence-electron chi connectivity index (χ3n) is 3.82. The van der Waals surface area contributed by atoms with E-state index in [2.05, 4.69) is 21.2 Å². The summed E-state index contributed by atoms with van der Waals surface area (Å²) in [5.74, 6) is -0.0535. The number of carbonyl (C=O) groups excluding carboxylic acids is 1. The lowest BCUT2D eigenvalue weighted by Crippen LogP contribution is -2.51. The van der Waals surface area contributed by atoms with Crippen LogP contribution in [0.2, 0.25) is 0 Å². The van der Waals surface area contributed by atoms with Gasteiger partial charge in [-0.05, 0) is 53.4 Å². The smallest absolute Gasteiger partial charge is 0.252 e. The van der Waals surface area contributed by atoms with E-state index < -0.39 is 0 Å². The molecule has 1 saturated carbocycles. The Labute approximate surface area is 135 Å². The van der Waals surface area contributed by atoms with Crippen LogP contribution in [-0.4, -0.2) is 18.0 Å². The number of halogens is 2. The predicted molar refractivity (Wildman–Crippen MR) is 88.5 cm³/mol. The van der Waals surface area contributed by atoms with Crippen LogP contribution in [0.25, 0.3) is 0 Å². The van der Waals surface area contributed by atoms with Crippen LogP contribution in [0.15, 0.2) is 22.7 Å². The van der Waals surface area contributed by atoms with Crippen LogP contribution < -0.4 is 11.1 Å². The summed E-state index contributed by atoms with van der Waals surface area (Å²) < 4.78 is 0.833. The van der Waals surface area contributed by atoms with E-state index in [0.29, 0.717) is 12.1 Å². The van der Waals surface area contributed by atoms with Crippen molar-refractivity contribution in [1.82, 2.24) is 5.32 Å². The number of nitrogens with two attached hydrogens (primary N) is 1. The lowest BCUT2D eigenvalue weighted by Gasteiger charge is -2.33. The molecule has 1 amide bonds. The summed E-state index contributed by atoms with van der Waals surface area (Å²) in [6.45, 7) is 2.56. The van der Waals surface area contributed by atoms with Crippen LogP contribution in [0.3, 0.4) is 0 Å². The lowest BCUT2D eigenvalue weighted by molar-refractivity contribution is 0.0937. The molecule has 1 fully saturated rings. The summed E-state index contributed by atoms with van der Waals surface area (Å²) in [4.78, 5) is 12.2. The van der Waals surface area contributed by atoms with E-state index in [-0.39, 0.29) is 23.9 Å². The maximum absolute atomic E-state index is 12.2. The van der Waals surface area contributed by atoms with Gasteiger partial charge >= 0.3 is 0 Å². The first kappa shape index (κ1) is 17.5. The molecule has 112 valence electrons. The zero-order valence-corrected chi connectivity index (χ0v) is 14.1. The number of hydrogen-bond acceptors (Lipinski definition) is 2. The van der Waals surface area contributed by atoms with Crippen LogP contribution in [0.5, 0.6) is 0 Å². The fraction of sp³-hybridized carbons (Fsp3) is 0.533. The number of aryl methyl sites for hydroxylation is 1. The molecule has 0 atom stereocenters. The van der Waals surface area contributed by atoms with Gasteiger partial charge in [-0.2, -0.15) is 0 Å². The van der Waals surface area contributed by atoms with E-state index in [1.807, 2.05) is 25.1 Å². The van der Waals surface area contributed by atoms with Gasteiger partial charge in [0.2, 0.25) is 0 Å². The highest BCUT2D eigenvalue weighted by Gasteiger charge is 2.28. The molecule has 5 heteroatoms. The van der Waals surface area contributed by atoms with Crippen molar-refractivity contribution < 1.29 is 4.79 Å². The molecule has 2 rings (SSSR count). The third kappa shape index (κ3) is 4.47. The van der Waals surface area contributed by atoms with Crippen molar-refractivity contribution in [3.05, 3.63) is 33.8 Å². The summed E-state index contributed by atoms with van der Waals surface area (Å²) in [5, 5.41) is 2.98. The Morgan fingerprint density at radius 3 is 2.60 bits per heavy atom. The molecule has 3 N–H and O–H groups in total. The van der Waals surface area contributed by atoms with Crippen LogP contribution in [-0.2, 0) is 0 Å². The highest BCUT2D eigenvalue weighted by molar-refractivity contribution is 9.10.